The topological polar surface area (TPSA) is 134 Å². The minimum absolute atomic E-state index is 0.000124. The molecule has 54 heavy (non-hydrogen) atoms. The Kier molecular flexibility index (Phi) is 19.0. The second kappa shape index (κ2) is 21.8. The fourth-order valence-corrected chi connectivity index (χ4v) is 8.37. The van der Waals surface area contributed by atoms with Gasteiger partial charge in [0.15, 0.2) is 5.78 Å². The van der Waals surface area contributed by atoms with Crippen molar-refractivity contribution in [3.05, 3.63) is 35.9 Å². The molecule has 0 saturated carbocycles. The lowest BCUT2D eigenvalue weighted by atomic mass is 9.83. The Morgan fingerprint density at radius 1 is 0.833 bits per heavy atom. The number of Topliss-reactive ketones (excluding diaryl/α,β-unsaturated/α-hetero) is 2. The predicted molar refractivity (Wildman–Crippen MR) is 211 cm³/mol. The zero-order valence-corrected chi connectivity index (χ0v) is 35.4. The van der Waals surface area contributed by atoms with E-state index in [1.54, 1.807) is 33.2 Å². The van der Waals surface area contributed by atoms with E-state index < -0.39 is 42.2 Å². The second-order valence-corrected chi connectivity index (χ2v) is 16.4. The third-order valence-corrected chi connectivity index (χ3v) is 12.0. The van der Waals surface area contributed by atoms with Crippen molar-refractivity contribution < 1.29 is 38.6 Å². The minimum atomic E-state index is -0.774. The van der Waals surface area contributed by atoms with Gasteiger partial charge in [-0.15, -0.1) is 0 Å². The molecule has 1 N–H and O–H groups in total. The molecule has 11 heteroatoms. The molecular formula is C43H71N3O8. The molecule has 1 aromatic rings. The maximum absolute atomic E-state index is 14.3. The molecule has 10 atom stereocenters. The van der Waals surface area contributed by atoms with Crippen LogP contribution in [0.1, 0.15) is 113 Å². The van der Waals surface area contributed by atoms with Gasteiger partial charge in [0.05, 0.1) is 42.9 Å². The molecule has 0 spiro atoms. The van der Waals surface area contributed by atoms with E-state index in [-0.39, 0.29) is 78.3 Å². The number of aliphatic hydroxyl groups excluding tert-OH is 1. The van der Waals surface area contributed by atoms with Crippen molar-refractivity contribution in [2.24, 2.45) is 35.5 Å². The first kappa shape index (κ1) is 47.0. The summed E-state index contributed by atoms with van der Waals surface area (Å²) < 4.78 is 12.0. The third kappa shape index (κ3) is 11.9. The van der Waals surface area contributed by atoms with Crippen molar-refractivity contribution in [3.8, 4) is 0 Å². The van der Waals surface area contributed by atoms with Gasteiger partial charge in [0.25, 0.3) is 0 Å². The van der Waals surface area contributed by atoms with Gasteiger partial charge in [-0.1, -0.05) is 92.1 Å². The maximum Gasteiger partial charge on any atom is 0.226 e. The van der Waals surface area contributed by atoms with E-state index in [4.69, 9.17) is 9.47 Å². The van der Waals surface area contributed by atoms with Crippen molar-refractivity contribution in [2.45, 2.75) is 137 Å². The molecular weight excluding hydrogens is 686 g/mol. The highest BCUT2D eigenvalue weighted by Gasteiger charge is 2.43. The third-order valence-electron chi connectivity index (χ3n) is 12.0. The van der Waals surface area contributed by atoms with E-state index in [9.17, 15) is 29.1 Å². The van der Waals surface area contributed by atoms with Crippen LogP contribution in [0.2, 0.25) is 0 Å². The molecule has 0 radical (unpaired) electrons. The van der Waals surface area contributed by atoms with Gasteiger partial charge in [0.1, 0.15) is 5.78 Å². The molecule has 0 aliphatic carbocycles. The molecule has 1 aromatic carbocycles. The van der Waals surface area contributed by atoms with Crippen LogP contribution in [0.4, 0.5) is 0 Å². The number of hydrogen-bond acceptors (Lipinski definition) is 8. The Bertz CT molecular complexity index is 1370. The van der Waals surface area contributed by atoms with Crippen molar-refractivity contribution >= 4 is 29.3 Å². The predicted octanol–water partition coefficient (Wildman–Crippen LogP) is 5.97. The molecule has 3 amide bonds. The first-order valence-corrected chi connectivity index (χ1v) is 20.0. The number of hydrogen-bond donors (Lipinski definition) is 1. The number of ether oxygens (including phenoxy) is 2. The van der Waals surface area contributed by atoms with Gasteiger partial charge in [0, 0.05) is 66.5 Å². The van der Waals surface area contributed by atoms with Gasteiger partial charge >= 0.3 is 0 Å². The zero-order valence-electron chi connectivity index (χ0n) is 35.4. The highest BCUT2D eigenvalue weighted by Crippen LogP contribution is 2.33. The summed E-state index contributed by atoms with van der Waals surface area (Å²) in [5.74, 6) is -2.42. The number of ketones is 2. The quantitative estimate of drug-likeness (QED) is 0.153. The zero-order chi connectivity index (χ0) is 41.0. The SMILES string of the molecule is CC[C@H](C)[C@@H]([C@@H](CC(=O)N1CCC[C@H]1[C@H](OC)[C@@H](C)C(=O)C[C@H](C)[C@@H](O)c1ccccc1)OC)N(C)C(=O)[C@@H](CC(=O)C(C(C)C)N(C)C(C)=O)C(C)C. The summed E-state index contributed by atoms with van der Waals surface area (Å²) in [6.07, 6.45) is 0.470. The second-order valence-electron chi connectivity index (χ2n) is 16.4. The van der Waals surface area contributed by atoms with Crippen LogP contribution in [0.25, 0.3) is 0 Å². The normalized spacial score (nSPS) is 19.7. The number of methoxy groups -OCH3 is 2. The summed E-state index contributed by atoms with van der Waals surface area (Å²) in [6.45, 7) is 17.4. The van der Waals surface area contributed by atoms with Gasteiger partial charge in [-0.2, -0.15) is 0 Å². The lowest BCUT2D eigenvalue weighted by Crippen LogP contribution is -2.54. The summed E-state index contributed by atoms with van der Waals surface area (Å²) in [7, 11) is 6.50. The van der Waals surface area contributed by atoms with E-state index in [1.165, 1.54) is 11.8 Å². The van der Waals surface area contributed by atoms with Crippen LogP contribution < -0.4 is 0 Å². The average Bonchev–Trinajstić information content (AvgIpc) is 3.62. The first-order valence-electron chi connectivity index (χ1n) is 20.0. The van der Waals surface area contributed by atoms with E-state index >= 15 is 0 Å². The van der Waals surface area contributed by atoms with Gasteiger partial charge < -0.3 is 29.3 Å². The molecule has 1 fully saturated rings. The van der Waals surface area contributed by atoms with Crippen LogP contribution in [0.15, 0.2) is 30.3 Å². The number of carbonyl (C=O) groups excluding carboxylic acids is 5. The van der Waals surface area contributed by atoms with Gasteiger partial charge in [-0.25, -0.2) is 0 Å². The van der Waals surface area contributed by atoms with Crippen LogP contribution in [-0.2, 0) is 33.4 Å². The van der Waals surface area contributed by atoms with Crippen LogP contribution in [-0.4, -0.2) is 114 Å². The minimum Gasteiger partial charge on any atom is -0.388 e. The lowest BCUT2D eigenvalue weighted by Gasteiger charge is -2.41. The molecule has 0 aromatic heterocycles. The number of nitrogens with zero attached hydrogens (tertiary/aromatic N) is 3. The molecule has 306 valence electrons. The Hall–Kier alpha value is -3.15. The average molecular weight is 758 g/mol. The molecule has 1 heterocycles. The number of likely N-dealkylation sites (N-methyl/N-ethyl adjacent to an activating group) is 2. The first-order chi connectivity index (χ1) is 25.3. The molecule has 1 unspecified atom stereocenters. The Morgan fingerprint density at radius 3 is 1.94 bits per heavy atom. The largest absolute Gasteiger partial charge is 0.388 e. The number of likely N-dealkylation sites (tertiary alicyclic amines) is 1. The molecule has 1 saturated heterocycles. The monoisotopic (exact) mass is 758 g/mol. The van der Waals surface area contributed by atoms with E-state index in [0.717, 1.165) is 18.4 Å². The Balaban J connectivity index is 2.27. The smallest absolute Gasteiger partial charge is 0.226 e. The van der Waals surface area contributed by atoms with Crippen LogP contribution >= 0.6 is 0 Å². The summed E-state index contributed by atoms with van der Waals surface area (Å²) in [5, 5.41) is 10.9. The van der Waals surface area contributed by atoms with Crippen molar-refractivity contribution in [3.63, 3.8) is 0 Å². The van der Waals surface area contributed by atoms with Gasteiger partial charge in [-0.3, -0.25) is 24.0 Å². The van der Waals surface area contributed by atoms with Crippen molar-refractivity contribution in [1.29, 1.82) is 0 Å². The standard InChI is InChI=1S/C43H71N3O8/c1-14-28(6)40(45(11)43(52)33(26(2)3)24-36(49)39(27(4)5)44(10)31(9)47)37(53-12)25-38(50)46-22-18-21-34(46)42(54-13)30(8)35(48)23-29(7)41(51)32-19-16-15-17-20-32/h15-17,19-20,26-30,33-34,37,39-42,51H,14,18,21-25H2,1-13H3/t28-,29-,30-,33-,34-,37+,39?,40-,41+,42+/m0/s1. The van der Waals surface area contributed by atoms with E-state index in [0.29, 0.717) is 13.0 Å². The Morgan fingerprint density at radius 2 is 1.44 bits per heavy atom. The number of aliphatic hydroxyl groups is 1. The van der Waals surface area contributed by atoms with Crippen LogP contribution in [0.5, 0.6) is 0 Å². The highest BCUT2D eigenvalue weighted by molar-refractivity contribution is 5.92. The number of carbonyl (C=O) groups is 5. The summed E-state index contributed by atoms with van der Waals surface area (Å²) in [5.41, 5.74) is 0.766. The summed E-state index contributed by atoms with van der Waals surface area (Å²) >= 11 is 0. The summed E-state index contributed by atoms with van der Waals surface area (Å²) in [4.78, 5) is 73.0. The van der Waals surface area contributed by atoms with Gasteiger partial charge in [0.2, 0.25) is 17.7 Å². The van der Waals surface area contributed by atoms with E-state index in [2.05, 4.69) is 0 Å². The van der Waals surface area contributed by atoms with Crippen LogP contribution in [0, 0.1) is 35.5 Å². The molecule has 2 rings (SSSR count). The number of rotatable bonds is 22. The number of benzene rings is 1. The molecule has 0 bridgehead atoms. The van der Waals surface area contributed by atoms with Crippen LogP contribution in [0.3, 0.4) is 0 Å². The summed E-state index contributed by atoms with van der Waals surface area (Å²) in [6, 6.07) is 7.92. The fourth-order valence-electron chi connectivity index (χ4n) is 8.37. The molecule has 11 nitrogen and oxygen atoms in total. The highest BCUT2D eigenvalue weighted by atomic mass is 16.5. The molecule has 1 aliphatic heterocycles. The molecule has 1 aliphatic rings. The van der Waals surface area contributed by atoms with Crippen molar-refractivity contribution in [1.82, 2.24) is 14.7 Å². The fraction of sp³-hybridized carbons (Fsp3) is 0.744. The number of amides is 3. The lowest BCUT2D eigenvalue weighted by molar-refractivity contribution is -0.149. The van der Waals surface area contributed by atoms with E-state index in [1.807, 2.05) is 90.6 Å². The van der Waals surface area contributed by atoms with Crippen molar-refractivity contribution in [2.75, 3.05) is 34.9 Å². The Labute approximate surface area is 325 Å². The van der Waals surface area contributed by atoms with Gasteiger partial charge in [-0.05, 0) is 42.1 Å². The maximum atomic E-state index is 14.3.